The standard InChI is InChI=1S/C27H29N3O3S/c1-3-4-7-16-33-24-15-6-5-14-23(24)26(32)30-27(34)29-22-13-9-11-20(18-22)25(31)28-21-12-8-10-19(2)17-21/h5-6,8-15,17-18H,3-4,7,16H2,1-2H3,(H,28,31)(H2,29,30,32,34). The van der Waals surface area contributed by atoms with Crippen molar-refractivity contribution in [2.45, 2.75) is 33.1 Å². The molecular formula is C27H29N3O3S. The molecule has 176 valence electrons. The van der Waals surface area contributed by atoms with Gasteiger partial charge in [-0.05, 0) is 73.6 Å². The van der Waals surface area contributed by atoms with Crippen LogP contribution in [-0.2, 0) is 0 Å². The molecule has 0 radical (unpaired) electrons. The van der Waals surface area contributed by atoms with E-state index >= 15 is 0 Å². The Bertz CT molecular complexity index is 1160. The Labute approximate surface area is 205 Å². The molecule has 0 fully saturated rings. The van der Waals surface area contributed by atoms with E-state index in [1.807, 2.05) is 37.3 Å². The molecule has 0 saturated heterocycles. The van der Waals surface area contributed by atoms with Crippen molar-refractivity contribution < 1.29 is 14.3 Å². The van der Waals surface area contributed by atoms with Crippen LogP contribution in [-0.4, -0.2) is 23.5 Å². The van der Waals surface area contributed by atoms with Gasteiger partial charge in [-0.15, -0.1) is 0 Å². The molecule has 7 heteroatoms. The first-order valence-corrected chi connectivity index (χ1v) is 11.7. The molecule has 0 aromatic heterocycles. The smallest absolute Gasteiger partial charge is 0.261 e. The summed E-state index contributed by atoms with van der Waals surface area (Å²) in [6, 6.07) is 21.6. The lowest BCUT2D eigenvalue weighted by atomic mass is 10.1. The number of carbonyl (C=O) groups is 2. The van der Waals surface area contributed by atoms with Gasteiger partial charge in [0.25, 0.3) is 11.8 Å². The zero-order chi connectivity index (χ0) is 24.3. The summed E-state index contributed by atoms with van der Waals surface area (Å²) in [5.41, 5.74) is 3.25. The highest BCUT2D eigenvalue weighted by Crippen LogP contribution is 2.19. The summed E-state index contributed by atoms with van der Waals surface area (Å²) in [5, 5.41) is 8.66. The number of rotatable bonds is 9. The highest BCUT2D eigenvalue weighted by molar-refractivity contribution is 7.80. The maximum Gasteiger partial charge on any atom is 0.261 e. The molecule has 0 aliphatic carbocycles. The first kappa shape index (κ1) is 24.9. The van der Waals surface area contributed by atoms with Crippen LogP contribution in [0.5, 0.6) is 5.75 Å². The predicted octanol–water partition coefficient (Wildman–Crippen LogP) is 5.94. The normalized spacial score (nSPS) is 10.3. The lowest BCUT2D eigenvalue weighted by Crippen LogP contribution is -2.34. The van der Waals surface area contributed by atoms with E-state index in [2.05, 4.69) is 22.9 Å². The Hall–Kier alpha value is -3.71. The second-order valence-electron chi connectivity index (χ2n) is 7.86. The Morgan fingerprint density at radius 2 is 1.59 bits per heavy atom. The highest BCUT2D eigenvalue weighted by Gasteiger charge is 2.14. The minimum absolute atomic E-state index is 0.127. The lowest BCUT2D eigenvalue weighted by molar-refractivity contribution is 0.0972. The number of carbonyl (C=O) groups excluding carboxylic acids is 2. The van der Waals surface area contributed by atoms with Crippen LogP contribution >= 0.6 is 12.2 Å². The maximum atomic E-state index is 12.8. The molecule has 0 atom stereocenters. The van der Waals surface area contributed by atoms with Crippen LogP contribution in [0.2, 0.25) is 0 Å². The number of amides is 2. The number of anilines is 2. The van der Waals surface area contributed by atoms with Gasteiger partial charge in [-0.1, -0.05) is 50.1 Å². The van der Waals surface area contributed by atoms with E-state index in [0.717, 1.165) is 30.5 Å². The third-order valence-electron chi connectivity index (χ3n) is 5.02. The Morgan fingerprint density at radius 1 is 0.853 bits per heavy atom. The fourth-order valence-electron chi connectivity index (χ4n) is 3.31. The van der Waals surface area contributed by atoms with E-state index in [1.54, 1.807) is 42.5 Å². The number of nitrogens with one attached hydrogen (secondary N) is 3. The van der Waals surface area contributed by atoms with Crippen molar-refractivity contribution in [3.8, 4) is 5.75 Å². The fraction of sp³-hybridized carbons (Fsp3) is 0.222. The zero-order valence-electron chi connectivity index (χ0n) is 19.4. The maximum absolute atomic E-state index is 12.8. The van der Waals surface area contributed by atoms with E-state index < -0.39 is 0 Å². The zero-order valence-corrected chi connectivity index (χ0v) is 20.2. The summed E-state index contributed by atoms with van der Waals surface area (Å²) in [5.74, 6) is -0.0796. The van der Waals surface area contributed by atoms with Gasteiger partial charge in [0.1, 0.15) is 5.75 Å². The van der Waals surface area contributed by atoms with Crippen LogP contribution in [0.4, 0.5) is 11.4 Å². The Kier molecular flexibility index (Phi) is 9.17. The first-order chi connectivity index (χ1) is 16.5. The van der Waals surface area contributed by atoms with Gasteiger partial charge in [-0.2, -0.15) is 0 Å². The minimum Gasteiger partial charge on any atom is -0.493 e. The Morgan fingerprint density at radius 3 is 2.35 bits per heavy atom. The summed E-state index contributed by atoms with van der Waals surface area (Å²) < 4.78 is 5.79. The Balaban J connectivity index is 1.60. The first-order valence-electron chi connectivity index (χ1n) is 11.3. The van der Waals surface area contributed by atoms with Crippen LogP contribution in [0.25, 0.3) is 0 Å². The van der Waals surface area contributed by atoms with Crippen LogP contribution in [0.15, 0.2) is 72.8 Å². The number of unbranched alkanes of at least 4 members (excludes halogenated alkanes) is 2. The summed E-state index contributed by atoms with van der Waals surface area (Å²) >= 11 is 5.32. The second-order valence-corrected chi connectivity index (χ2v) is 8.27. The summed E-state index contributed by atoms with van der Waals surface area (Å²) in [6.45, 7) is 4.65. The molecule has 0 bridgehead atoms. The van der Waals surface area contributed by atoms with Crippen molar-refractivity contribution in [3.05, 3.63) is 89.5 Å². The van der Waals surface area contributed by atoms with Gasteiger partial charge in [0.05, 0.1) is 12.2 Å². The molecule has 3 aromatic rings. The SMILES string of the molecule is CCCCCOc1ccccc1C(=O)NC(=S)Nc1cccc(C(=O)Nc2cccc(C)c2)c1. The van der Waals surface area contributed by atoms with Gasteiger partial charge < -0.3 is 15.4 Å². The average molecular weight is 476 g/mol. The summed E-state index contributed by atoms with van der Waals surface area (Å²) in [6.07, 6.45) is 3.10. The largest absolute Gasteiger partial charge is 0.493 e. The molecule has 0 aliphatic rings. The average Bonchev–Trinajstić information content (AvgIpc) is 2.82. The number of hydrogen-bond donors (Lipinski definition) is 3. The summed E-state index contributed by atoms with van der Waals surface area (Å²) in [4.78, 5) is 25.4. The molecule has 3 N–H and O–H groups in total. The molecule has 0 unspecified atom stereocenters. The topological polar surface area (TPSA) is 79.5 Å². The highest BCUT2D eigenvalue weighted by atomic mass is 32.1. The van der Waals surface area contributed by atoms with E-state index in [0.29, 0.717) is 29.2 Å². The van der Waals surface area contributed by atoms with Crippen molar-refractivity contribution in [3.63, 3.8) is 0 Å². The third kappa shape index (κ3) is 7.42. The van der Waals surface area contributed by atoms with Crippen LogP contribution < -0.4 is 20.7 Å². The molecule has 3 rings (SSSR count). The molecule has 2 amide bonds. The number of thiocarbonyl (C=S) groups is 1. The molecule has 0 aliphatic heterocycles. The molecule has 34 heavy (non-hydrogen) atoms. The van der Waals surface area contributed by atoms with Crippen molar-refractivity contribution in [2.24, 2.45) is 0 Å². The number of ether oxygens (including phenoxy) is 1. The number of benzene rings is 3. The van der Waals surface area contributed by atoms with E-state index in [9.17, 15) is 9.59 Å². The quantitative estimate of drug-likeness (QED) is 0.264. The van der Waals surface area contributed by atoms with Crippen molar-refractivity contribution in [2.75, 3.05) is 17.2 Å². The number of para-hydroxylation sites is 1. The van der Waals surface area contributed by atoms with Crippen molar-refractivity contribution >= 4 is 40.5 Å². The minimum atomic E-state index is -0.364. The lowest BCUT2D eigenvalue weighted by Gasteiger charge is -2.13. The van der Waals surface area contributed by atoms with E-state index in [-0.39, 0.29) is 16.9 Å². The molecular weight excluding hydrogens is 446 g/mol. The van der Waals surface area contributed by atoms with Crippen molar-refractivity contribution in [1.82, 2.24) is 5.32 Å². The molecule has 3 aromatic carbocycles. The van der Waals surface area contributed by atoms with E-state index in [1.165, 1.54) is 0 Å². The number of hydrogen-bond acceptors (Lipinski definition) is 4. The molecule has 0 saturated carbocycles. The fourth-order valence-corrected chi connectivity index (χ4v) is 3.52. The van der Waals surface area contributed by atoms with E-state index in [4.69, 9.17) is 17.0 Å². The molecule has 0 heterocycles. The van der Waals surface area contributed by atoms with Crippen LogP contribution in [0, 0.1) is 6.92 Å². The van der Waals surface area contributed by atoms with Gasteiger partial charge in [-0.25, -0.2) is 0 Å². The van der Waals surface area contributed by atoms with Gasteiger partial charge in [0.15, 0.2) is 5.11 Å². The predicted molar refractivity (Wildman–Crippen MR) is 141 cm³/mol. The van der Waals surface area contributed by atoms with Gasteiger partial charge in [0, 0.05) is 16.9 Å². The monoisotopic (exact) mass is 475 g/mol. The van der Waals surface area contributed by atoms with Gasteiger partial charge in [-0.3, -0.25) is 14.9 Å². The van der Waals surface area contributed by atoms with Gasteiger partial charge >= 0.3 is 0 Å². The molecule has 0 spiro atoms. The molecule has 6 nitrogen and oxygen atoms in total. The van der Waals surface area contributed by atoms with Crippen LogP contribution in [0.3, 0.4) is 0 Å². The third-order valence-corrected chi connectivity index (χ3v) is 5.23. The van der Waals surface area contributed by atoms with Crippen LogP contribution in [0.1, 0.15) is 52.5 Å². The second kappa shape index (κ2) is 12.5. The van der Waals surface area contributed by atoms with Gasteiger partial charge in [0.2, 0.25) is 0 Å². The number of aryl methyl sites for hydroxylation is 1. The summed E-state index contributed by atoms with van der Waals surface area (Å²) in [7, 11) is 0. The van der Waals surface area contributed by atoms with Crippen molar-refractivity contribution in [1.29, 1.82) is 0 Å².